The number of hydrogen-bond acceptors (Lipinski definition) is 9. The molecule has 164 valence electrons. The molecule has 0 aliphatic carbocycles. The highest BCUT2D eigenvalue weighted by molar-refractivity contribution is 7.80. The first-order valence-corrected chi connectivity index (χ1v) is 9.65. The number of thiol groups is 1. The summed E-state index contributed by atoms with van der Waals surface area (Å²) in [4.78, 5) is 38.9. The molecular formula is C21H21NO8S. The van der Waals surface area contributed by atoms with Gasteiger partial charge in [-0.05, 0) is 60.9 Å². The fourth-order valence-electron chi connectivity index (χ4n) is 2.36. The third kappa shape index (κ3) is 8.39. The van der Waals surface area contributed by atoms with Crippen molar-refractivity contribution in [3.63, 3.8) is 0 Å². The molecule has 31 heavy (non-hydrogen) atoms. The van der Waals surface area contributed by atoms with E-state index < -0.39 is 17.0 Å². The number of esters is 2. The minimum Gasteiger partial charge on any atom is -0.493 e. The van der Waals surface area contributed by atoms with Crippen molar-refractivity contribution in [2.24, 2.45) is 0 Å². The highest BCUT2D eigenvalue weighted by atomic mass is 32.1. The third-order valence-electron chi connectivity index (χ3n) is 3.88. The minimum atomic E-state index is -0.866. The van der Waals surface area contributed by atoms with Crippen LogP contribution in [0.25, 0.3) is 6.08 Å². The molecule has 0 unspecified atom stereocenters. The normalized spacial score (nSPS) is 10.5. The van der Waals surface area contributed by atoms with Gasteiger partial charge in [-0.15, -0.1) is 22.7 Å². The Bertz CT molecular complexity index is 943. The number of nitrogens with zero attached hydrogens (tertiary/aromatic N) is 1. The molecule has 0 bridgehead atoms. The van der Waals surface area contributed by atoms with Gasteiger partial charge in [0.05, 0.1) is 25.9 Å². The summed E-state index contributed by atoms with van der Waals surface area (Å²) in [5, 5.41) is 9.14. The van der Waals surface area contributed by atoms with E-state index in [1.807, 2.05) is 0 Å². The summed E-state index contributed by atoms with van der Waals surface area (Å²) in [6, 6.07) is 11.4. The van der Waals surface area contributed by atoms with Crippen LogP contribution in [-0.2, 0) is 14.4 Å². The Balaban J connectivity index is 1.88. The summed E-state index contributed by atoms with van der Waals surface area (Å²) >= 11 is 4.18. The number of carbonyl (C=O) groups is 2. The molecule has 0 spiro atoms. The number of rotatable bonds is 11. The molecule has 9 nitrogen and oxygen atoms in total. The summed E-state index contributed by atoms with van der Waals surface area (Å²) in [5.74, 6) is -0.543. The van der Waals surface area contributed by atoms with Crippen LogP contribution in [0.4, 0.5) is 0 Å². The first-order valence-electron chi connectivity index (χ1n) is 9.20. The molecule has 0 atom stereocenters. The molecule has 0 aliphatic rings. The monoisotopic (exact) mass is 447 g/mol. The molecule has 10 heteroatoms. The fourth-order valence-corrected chi connectivity index (χ4v) is 2.51. The van der Waals surface area contributed by atoms with Crippen LogP contribution < -0.4 is 9.47 Å². The highest BCUT2D eigenvalue weighted by Crippen LogP contribution is 2.29. The first-order chi connectivity index (χ1) is 14.9. The predicted octanol–water partition coefficient (Wildman–Crippen LogP) is 3.75. The lowest BCUT2D eigenvalue weighted by Gasteiger charge is -2.10. The van der Waals surface area contributed by atoms with E-state index in [-0.39, 0.29) is 19.0 Å². The van der Waals surface area contributed by atoms with Crippen LogP contribution in [0.3, 0.4) is 0 Å². The summed E-state index contributed by atoms with van der Waals surface area (Å²) < 4.78 is 15.7. The third-order valence-corrected chi connectivity index (χ3v) is 4.18. The van der Waals surface area contributed by atoms with Crippen molar-refractivity contribution < 1.29 is 33.7 Å². The fraction of sp³-hybridized carbons (Fsp3) is 0.238. The van der Waals surface area contributed by atoms with Gasteiger partial charge in [-0.2, -0.15) is 0 Å². The molecule has 0 radical (unpaired) electrons. The molecule has 0 fully saturated rings. The van der Waals surface area contributed by atoms with Crippen molar-refractivity contribution in [2.75, 3.05) is 20.3 Å². The van der Waals surface area contributed by atoms with Gasteiger partial charge in [0.1, 0.15) is 0 Å². The highest BCUT2D eigenvalue weighted by Gasteiger charge is 2.12. The van der Waals surface area contributed by atoms with E-state index in [4.69, 9.17) is 14.2 Å². The smallest absolute Gasteiger partial charge is 0.343 e. The van der Waals surface area contributed by atoms with E-state index in [0.717, 1.165) is 4.90 Å². The molecule has 0 amide bonds. The van der Waals surface area contributed by atoms with Gasteiger partial charge in [0.25, 0.3) is 5.09 Å². The molecule has 0 aliphatic heterocycles. The van der Waals surface area contributed by atoms with Crippen molar-refractivity contribution in [1.29, 1.82) is 0 Å². The second kappa shape index (κ2) is 12.2. The quantitative estimate of drug-likeness (QED) is 0.105. The van der Waals surface area contributed by atoms with Gasteiger partial charge in [0.2, 0.25) is 0 Å². The van der Waals surface area contributed by atoms with Crippen molar-refractivity contribution in [2.45, 2.75) is 17.7 Å². The zero-order chi connectivity index (χ0) is 22.6. The van der Waals surface area contributed by atoms with Gasteiger partial charge < -0.3 is 19.0 Å². The number of unbranched alkanes of at least 4 members (excludes halogenated alkanes) is 1. The Kier molecular flexibility index (Phi) is 9.37. The van der Waals surface area contributed by atoms with Crippen LogP contribution in [0, 0.1) is 10.1 Å². The molecule has 2 rings (SSSR count). The van der Waals surface area contributed by atoms with Gasteiger partial charge in [-0.3, -0.25) is 0 Å². The number of hydrogen-bond donors (Lipinski definition) is 1. The average Bonchev–Trinajstić information content (AvgIpc) is 2.75. The Labute approximate surface area is 184 Å². The molecule has 2 aromatic carbocycles. The maximum Gasteiger partial charge on any atom is 0.343 e. The maximum absolute atomic E-state index is 12.3. The standard InChI is InChI=1S/C21H21NO8S/c1-27-19-14-15(5-11-20(23)28-12-2-3-13-29-22(25)26)4-10-18(19)30-21(24)16-6-8-17(31)9-7-16/h4-11,14,31H,2-3,12-13H2,1H3/b11-5+. The molecule has 0 heterocycles. The second-order valence-corrected chi connectivity index (χ2v) is 6.63. The van der Waals surface area contributed by atoms with Gasteiger partial charge in [0.15, 0.2) is 11.5 Å². The minimum absolute atomic E-state index is 0.0440. The number of ether oxygens (including phenoxy) is 3. The van der Waals surface area contributed by atoms with Crippen molar-refractivity contribution in [3.8, 4) is 11.5 Å². The van der Waals surface area contributed by atoms with Crippen LogP contribution in [0.2, 0.25) is 0 Å². The topological polar surface area (TPSA) is 114 Å². The van der Waals surface area contributed by atoms with Gasteiger partial charge in [0, 0.05) is 11.0 Å². The molecule has 2 aromatic rings. The van der Waals surface area contributed by atoms with E-state index in [0.29, 0.717) is 29.7 Å². The van der Waals surface area contributed by atoms with Crippen molar-refractivity contribution in [3.05, 3.63) is 69.8 Å². The summed E-state index contributed by atoms with van der Waals surface area (Å²) in [6.07, 6.45) is 3.61. The Morgan fingerprint density at radius 1 is 1.06 bits per heavy atom. The molecule has 0 N–H and O–H groups in total. The number of benzene rings is 2. The lowest BCUT2D eigenvalue weighted by Crippen LogP contribution is -2.09. The molecular weight excluding hydrogens is 426 g/mol. The van der Waals surface area contributed by atoms with Crippen molar-refractivity contribution >= 4 is 30.6 Å². The van der Waals surface area contributed by atoms with Crippen LogP contribution >= 0.6 is 12.6 Å². The summed E-state index contributed by atoms with van der Waals surface area (Å²) in [7, 11) is 1.44. The Hall–Kier alpha value is -3.53. The Morgan fingerprint density at radius 2 is 1.77 bits per heavy atom. The van der Waals surface area contributed by atoms with E-state index in [2.05, 4.69) is 17.5 Å². The van der Waals surface area contributed by atoms with E-state index in [9.17, 15) is 19.7 Å². The van der Waals surface area contributed by atoms with E-state index >= 15 is 0 Å². The SMILES string of the molecule is COc1cc(/C=C/C(=O)OCCCCO[N+](=O)[O-])ccc1OC(=O)c1ccc(S)cc1. The van der Waals surface area contributed by atoms with Crippen LogP contribution in [-0.4, -0.2) is 37.3 Å². The summed E-state index contributed by atoms with van der Waals surface area (Å²) in [5.41, 5.74) is 1.00. The lowest BCUT2D eigenvalue weighted by atomic mass is 10.2. The second-order valence-electron chi connectivity index (χ2n) is 6.11. The zero-order valence-corrected chi connectivity index (χ0v) is 17.6. The van der Waals surface area contributed by atoms with Crippen molar-refractivity contribution in [1.82, 2.24) is 0 Å². The van der Waals surface area contributed by atoms with E-state index in [1.54, 1.807) is 42.5 Å². The zero-order valence-electron chi connectivity index (χ0n) is 16.7. The predicted molar refractivity (Wildman–Crippen MR) is 114 cm³/mol. The van der Waals surface area contributed by atoms with Gasteiger partial charge >= 0.3 is 11.9 Å². The number of methoxy groups -OCH3 is 1. The first kappa shape index (κ1) is 23.7. The molecule has 0 aromatic heterocycles. The van der Waals surface area contributed by atoms with E-state index in [1.165, 1.54) is 19.3 Å². The largest absolute Gasteiger partial charge is 0.493 e. The van der Waals surface area contributed by atoms with Crippen LogP contribution in [0.5, 0.6) is 11.5 Å². The Morgan fingerprint density at radius 3 is 2.45 bits per heavy atom. The van der Waals surface area contributed by atoms with Crippen LogP contribution in [0.1, 0.15) is 28.8 Å². The number of carbonyl (C=O) groups excluding carboxylic acids is 2. The molecule has 0 saturated heterocycles. The lowest BCUT2D eigenvalue weighted by molar-refractivity contribution is -0.757. The maximum atomic E-state index is 12.3. The summed E-state index contributed by atoms with van der Waals surface area (Å²) in [6.45, 7) is 0.0776. The average molecular weight is 447 g/mol. The van der Waals surface area contributed by atoms with Gasteiger partial charge in [-0.1, -0.05) is 6.07 Å². The molecule has 0 saturated carbocycles. The van der Waals surface area contributed by atoms with Gasteiger partial charge in [-0.25, -0.2) is 9.59 Å². The van der Waals surface area contributed by atoms with Crippen LogP contribution in [0.15, 0.2) is 53.4 Å².